The largest absolute Gasteiger partial charge is 0.379 e. The minimum Gasteiger partial charge on any atom is -0.379 e. The molecule has 0 unspecified atom stereocenters. The predicted octanol–water partition coefficient (Wildman–Crippen LogP) is 3.90. The lowest BCUT2D eigenvalue weighted by Crippen LogP contribution is -2.40. The first-order valence-corrected chi connectivity index (χ1v) is 10.9. The zero-order valence-electron chi connectivity index (χ0n) is 18.0. The van der Waals surface area contributed by atoms with Crippen molar-refractivity contribution in [2.24, 2.45) is 0 Å². The Kier molecular flexibility index (Phi) is 6.85. The Labute approximate surface area is 194 Å². The van der Waals surface area contributed by atoms with Gasteiger partial charge in [-0.1, -0.05) is 11.6 Å². The number of anilines is 3. The van der Waals surface area contributed by atoms with E-state index in [1.165, 1.54) is 6.20 Å². The van der Waals surface area contributed by atoms with E-state index in [1.807, 2.05) is 6.92 Å². The SMILES string of the molecule is CCN(c1ccc(-n2ncc(NC[C@@]3(F)CCCOC3)c(Cl)c2=O)cc1)c1ncc(F)cn1. The summed E-state index contributed by atoms with van der Waals surface area (Å²) in [7, 11) is 0. The highest BCUT2D eigenvalue weighted by atomic mass is 35.5. The summed E-state index contributed by atoms with van der Waals surface area (Å²) < 4.78 is 34.3. The Morgan fingerprint density at radius 3 is 2.61 bits per heavy atom. The van der Waals surface area contributed by atoms with Crippen LogP contribution < -0.4 is 15.8 Å². The molecule has 11 heteroatoms. The molecule has 0 saturated carbocycles. The van der Waals surface area contributed by atoms with Crippen LogP contribution in [-0.2, 0) is 4.74 Å². The molecule has 1 aromatic carbocycles. The molecule has 0 aliphatic carbocycles. The van der Waals surface area contributed by atoms with Crippen LogP contribution in [-0.4, -0.2) is 51.7 Å². The van der Waals surface area contributed by atoms with E-state index >= 15 is 0 Å². The van der Waals surface area contributed by atoms with Gasteiger partial charge in [0.1, 0.15) is 5.02 Å². The molecule has 1 aliphatic heterocycles. The summed E-state index contributed by atoms with van der Waals surface area (Å²) in [5, 5.41) is 6.99. The Morgan fingerprint density at radius 2 is 1.97 bits per heavy atom. The molecule has 8 nitrogen and oxygen atoms in total. The molecule has 2 aromatic heterocycles. The van der Waals surface area contributed by atoms with Crippen LogP contribution in [0.1, 0.15) is 19.8 Å². The molecule has 1 N–H and O–H groups in total. The quantitative estimate of drug-likeness (QED) is 0.553. The number of alkyl halides is 1. The summed E-state index contributed by atoms with van der Waals surface area (Å²) in [4.78, 5) is 22.6. The molecular formula is C22H23ClF2N6O2. The van der Waals surface area contributed by atoms with Gasteiger partial charge in [0.15, 0.2) is 11.5 Å². The lowest BCUT2D eigenvalue weighted by Gasteiger charge is -2.29. The first-order valence-electron chi connectivity index (χ1n) is 10.5. The Morgan fingerprint density at radius 1 is 1.24 bits per heavy atom. The third kappa shape index (κ3) is 5.12. The summed E-state index contributed by atoms with van der Waals surface area (Å²) in [6.45, 7) is 3.00. The van der Waals surface area contributed by atoms with Crippen molar-refractivity contribution >= 4 is 28.9 Å². The number of hydrogen-bond donors (Lipinski definition) is 1. The molecule has 4 rings (SSSR count). The number of aromatic nitrogens is 4. The van der Waals surface area contributed by atoms with Crippen LogP contribution >= 0.6 is 11.6 Å². The van der Waals surface area contributed by atoms with Gasteiger partial charge >= 0.3 is 0 Å². The van der Waals surface area contributed by atoms with Crippen molar-refractivity contribution in [1.29, 1.82) is 0 Å². The predicted molar refractivity (Wildman–Crippen MR) is 122 cm³/mol. The lowest BCUT2D eigenvalue weighted by atomic mass is 9.99. The van der Waals surface area contributed by atoms with E-state index in [9.17, 15) is 13.6 Å². The van der Waals surface area contributed by atoms with Gasteiger partial charge in [-0.05, 0) is 44.0 Å². The zero-order chi connectivity index (χ0) is 23.4. The van der Waals surface area contributed by atoms with Crippen LogP contribution in [0, 0.1) is 5.82 Å². The van der Waals surface area contributed by atoms with Crippen molar-refractivity contribution < 1.29 is 13.5 Å². The molecule has 174 valence electrons. The van der Waals surface area contributed by atoms with Crippen molar-refractivity contribution in [2.75, 3.05) is 36.5 Å². The number of rotatable bonds is 7. The van der Waals surface area contributed by atoms with E-state index in [1.54, 1.807) is 29.2 Å². The molecule has 33 heavy (non-hydrogen) atoms. The number of halogens is 3. The first-order chi connectivity index (χ1) is 15.9. The fraction of sp³-hybridized carbons (Fsp3) is 0.364. The highest BCUT2D eigenvalue weighted by molar-refractivity contribution is 6.32. The maximum absolute atomic E-state index is 14.7. The van der Waals surface area contributed by atoms with E-state index in [-0.39, 0.29) is 23.9 Å². The second-order valence-corrected chi connectivity index (χ2v) is 8.09. The normalized spacial score (nSPS) is 18.2. The molecule has 3 heterocycles. The summed E-state index contributed by atoms with van der Waals surface area (Å²) in [5.41, 5.74) is -0.519. The van der Waals surface area contributed by atoms with Crippen LogP contribution in [0.5, 0.6) is 0 Å². The van der Waals surface area contributed by atoms with E-state index in [0.717, 1.165) is 22.8 Å². The summed E-state index contributed by atoms with van der Waals surface area (Å²) in [6.07, 6.45) is 4.63. The number of nitrogens with one attached hydrogen (secondary N) is 1. The minimum atomic E-state index is -1.51. The first kappa shape index (κ1) is 23.1. The molecule has 1 atom stereocenters. The highest BCUT2D eigenvalue weighted by Gasteiger charge is 2.32. The second kappa shape index (κ2) is 9.80. The second-order valence-electron chi connectivity index (χ2n) is 7.71. The van der Waals surface area contributed by atoms with Crippen molar-refractivity contribution in [3.05, 3.63) is 64.0 Å². The third-order valence-electron chi connectivity index (χ3n) is 5.36. The number of nitrogens with zero attached hydrogens (tertiary/aromatic N) is 5. The molecule has 0 radical (unpaired) electrons. The zero-order valence-corrected chi connectivity index (χ0v) is 18.7. The van der Waals surface area contributed by atoms with Crippen molar-refractivity contribution in [3.63, 3.8) is 0 Å². The van der Waals surface area contributed by atoms with Gasteiger partial charge in [-0.2, -0.15) is 9.78 Å². The molecule has 1 aliphatic rings. The molecule has 1 fully saturated rings. The average Bonchev–Trinajstić information content (AvgIpc) is 2.83. The van der Waals surface area contributed by atoms with Gasteiger partial charge in [-0.25, -0.2) is 18.7 Å². The van der Waals surface area contributed by atoms with Gasteiger partial charge in [-0.15, -0.1) is 0 Å². The van der Waals surface area contributed by atoms with Gasteiger partial charge in [0.05, 0.1) is 43.1 Å². The summed E-state index contributed by atoms with van der Waals surface area (Å²) in [6, 6.07) is 6.95. The van der Waals surface area contributed by atoms with Gasteiger partial charge in [0.2, 0.25) is 5.95 Å². The topological polar surface area (TPSA) is 85.2 Å². The van der Waals surface area contributed by atoms with E-state index in [2.05, 4.69) is 20.4 Å². The maximum Gasteiger partial charge on any atom is 0.292 e. The fourth-order valence-electron chi connectivity index (χ4n) is 3.61. The Balaban J connectivity index is 1.52. The van der Waals surface area contributed by atoms with Crippen LogP contribution in [0.15, 0.2) is 47.7 Å². The average molecular weight is 477 g/mol. The van der Waals surface area contributed by atoms with Crippen LogP contribution in [0.2, 0.25) is 5.02 Å². The summed E-state index contributed by atoms with van der Waals surface area (Å²) in [5.74, 6) is -0.159. The number of benzene rings is 1. The number of ether oxygens (including phenoxy) is 1. The monoisotopic (exact) mass is 476 g/mol. The highest BCUT2D eigenvalue weighted by Crippen LogP contribution is 2.26. The van der Waals surface area contributed by atoms with E-state index < -0.39 is 17.0 Å². The van der Waals surface area contributed by atoms with Gasteiger partial charge in [0.25, 0.3) is 5.56 Å². The maximum atomic E-state index is 14.7. The number of hydrogen-bond acceptors (Lipinski definition) is 7. The van der Waals surface area contributed by atoms with Crippen LogP contribution in [0.4, 0.5) is 26.1 Å². The summed E-state index contributed by atoms with van der Waals surface area (Å²) >= 11 is 6.26. The van der Waals surface area contributed by atoms with Gasteiger partial charge < -0.3 is 15.0 Å². The Hall–Kier alpha value is -3.11. The van der Waals surface area contributed by atoms with Gasteiger partial charge in [-0.3, -0.25) is 4.79 Å². The third-order valence-corrected chi connectivity index (χ3v) is 5.72. The molecule has 3 aromatic rings. The van der Waals surface area contributed by atoms with Gasteiger partial charge in [0, 0.05) is 18.8 Å². The van der Waals surface area contributed by atoms with Crippen molar-refractivity contribution in [1.82, 2.24) is 19.7 Å². The van der Waals surface area contributed by atoms with Crippen molar-refractivity contribution in [3.8, 4) is 5.69 Å². The molecule has 0 spiro atoms. The van der Waals surface area contributed by atoms with E-state index in [0.29, 0.717) is 37.6 Å². The molecule has 0 amide bonds. The van der Waals surface area contributed by atoms with Crippen LogP contribution in [0.25, 0.3) is 5.69 Å². The Bertz CT molecular complexity index is 1150. The smallest absolute Gasteiger partial charge is 0.292 e. The van der Waals surface area contributed by atoms with Crippen molar-refractivity contribution in [2.45, 2.75) is 25.4 Å². The minimum absolute atomic E-state index is 0.00615. The lowest BCUT2D eigenvalue weighted by molar-refractivity contribution is -0.0234. The van der Waals surface area contributed by atoms with Crippen LogP contribution in [0.3, 0.4) is 0 Å². The molecule has 0 bridgehead atoms. The molecule has 1 saturated heterocycles. The van der Waals surface area contributed by atoms with E-state index in [4.69, 9.17) is 16.3 Å². The standard InChI is InChI=1S/C22H23ClF2N6O2/c1-2-30(21-26-10-15(24)11-27-21)16-4-6-17(7-5-16)31-20(32)19(23)18(12-29-31)28-13-22(25)8-3-9-33-14-22/h4-7,10-12,28H,2-3,8-9,13-14H2,1H3/t22-/m0/s1. The fourth-order valence-corrected chi connectivity index (χ4v) is 3.81. The molecular weight excluding hydrogens is 454 g/mol.